The minimum Gasteiger partial charge on any atom is -0.490 e. The predicted molar refractivity (Wildman–Crippen MR) is 94.4 cm³/mol. The molecule has 0 radical (unpaired) electrons. The normalized spacial score (nSPS) is 10.0. The number of hydrogen-bond donors (Lipinski definition) is 0. The molecule has 0 aliphatic heterocycles. The zero-order valence-electron chi connectivity index (χ0n) is 13.5. The summed E-state index contributed by atoms with van der Waals surface area (Å²) in [7, 11) is 0. The summed E-state index contributed by atoms with van der Waals surface area (Å²) < 4.78 is 10.8. The average molecular weight is 341 g/mol. The first kappa shape index (κ1) is 17.9. The number of thioether (sulfide) groups is 1. The molecule has 0 bridgehead atoms. The van der Waals surface area contributed by atoms with E-state index >= 15 is 0 Å². The number of carbonyl (C=O) groups excluding carboxylic acids is 1. The number of carbonyl (C=O) groups is 1. The second-order valence-corrected chi connectivity index (χ2v) is 6.11. The van der Waals surface area contributed by atoms with E-state index < -0.39 is 0 Å². The molecule has 2 aromatic rings. The zero-order chi connectivity index (χ0) is 17.2. The van der Waals surface area contributed by atoms with Crippen LogP contribution in [0.1, 0.15) is 25.3 Å². The Bertz CT molecular complexity index is 710. The number of nitrogens with zero attached hydrogens (tertiary/aromatic N) is 1. The molecule has 0 aliphatic rings. The molecule has 2 aromatic carbocycles. The summed E-state index contributed by atoms with van der Waals surface area (Å²) in [5.41, 5.74) is 0.470. The molecule has 0 fully saturated rings. The fraction of sp³-hybridized carbons (Fsp3) is 0.263. The molecule has 0 amide bonds. The quantitative estimate of drug-likeness (QED) is 0.307. The summed E-state index contributed by atoms with van der Waals surface area (Å²) in [6.07, 6.45) is 1.07. The highest BCUT2D eigenvalue weighted by atomic mass is 32.2. The molecule has 0 saturated carbocycles. The molecule has 0 N–H and O–H groups in total. The van der Waals surface area contributed by atoms with Gasteiger partial charge in [0.15, 0.2) is 11.5 Å². The molecular formula is C19H19NO3S. The second-order valence-electron chi connectivity index (χ2n) is 4.95. The maximum absolute atomic E-state index is 12.0. The van der Waals surface area contributed by atoms with Crippen molar-refractivity contribution in [1.29, 1.82) is 5.26 Å². The van der Waals surface area contributed by atoms with Gasteiger partial charge in [-0.05, 0) is 43.4 Å². The van der Waals surface area contributed by atoms with E-state index in [4.69, 9.17) is 14.7 Å². The largest absolute Gasteiger partial charge is 0.490 e. The van der Waals surface area contributed by atoms with Crippen LogP contribution in [0.4, 0.5) is 0 Å². The molecular weight excluding hydrogens is 322 g/mol. The van der Waals surface area contributed by atoms with Crippen LogP contribution < -0.4 is 9.47 Å². The summed E-state index contributed by atoms with van der Waals surface area (Å²) in [6.45, 7) is 2.28. The summed E-state index contributed by atoms with van der Waals surface area (Å²) in [6, 6.07) is 16.9. The number of esters is 1. The Labute approximate surface area is 146 Å². The molecule has 0 spiro atoms. The smallest absolute Gasteiger partial charge is 0.311 e. The lowest BCUT2D eigenvalue weighted by Crippen LogP contribution is -2.09. The lowest BCUT2D eigenvalue weighted by molar-refractivity contribution is -0.134. The first-order valence-corrected chi connectivity index (χ1v) is 8.77. The van der Waals surface area contributed by atoms with Crippen molar-refractivity contribution in [2.24, 2.45) is 0 Å². The summed E-state index contributed by atoms with van der Waals surface area (Å²) >= 11 is 1.72. The molecule has 0 atom stereocenters. The van der Waals surface area contributed by atoms with Gasteiger partial charge in [-0.2, -0.15) is 5.26 Å². The van der Waals surface area contributed by atoms with Crippen LogP contribution in [0.2, 0.25) is 0 Å². The van der Waals surface area contributed by atoms with Gasteiger partial charge < -0.3 is 9.47 Å². The molecule has 0 unspecified atom stereocenters. The monoisotopic (exact) mass is 341 g/mol. The lowest BCUT2D eigenvalue weighted by atomic mass is 10.2. The number of hydrogen-bond acceptors (Lipinski definition) is 5. The minimum absolute atomic E-state index is 0.297. The van der Waals surface area contributed by atoms with Crippen LogP contribution in [0, 0.1) is 11.3 Å². The van der Waals surface area contributed by atoms with Crippen LogP contribution >= 0.6 is 11.8 Å². The lowest BCUT2D eigenvalue weighted by Gasteiger charge is -2.10. The van der Waals surface area contributed by atoms with Gasteiger partial charge >= 0.3 is 5.97 Å². The molecule has 2 rings (SSSR count). The Morgan fingerprint density at radius 1 is 1.17 bits per heavy atom. The van der Waals surface area contributed by atoms with E-state index in [1.807, 2.05) is 43.3 Å². The van der Waals surface area contributed by atoms with Crippen LogP contribution in [0.5, 0.6) is 11.5 Å². The minimum atomic E-state index is -0.297. The van der Waals surface area contributed by atoms with E-state index in [0.29, 0.717) is 30.1 Å². The van der Waals surface area contributed by atoms with Gasteiger partial charge in [-0.15, -0.1) is 11.8 Å². The van der Waals surface area contributed by atoms with Crippen molar-refractivity contribution >= 4 is 17.7 Å². The van der Waals surface area contributed by atoms with Crippen LogP contribution in [0.15, 0.2) is 53.4 Å². The van der Waals surface area contributed by atoms with Gasteiger partial charge in [0, 0.05) is 17.4 Å². The van der Waals surface area contributed by atoms with Crippen molar-refractivity contribution < 1.29 is 14.3 Å². The molecule has 0 aliphatic carbocycles. The fourth-order valence-electron chi connectivity index (χ4n) is 2.03. The number of nitriles is 1. The van der Waals surface area contributed by atoms with Crippen molar-refractivity contribution in [3.8, 4) is 17.6 Å². The Balaban J connectivity index is 1.82. The Morgan fingerprint density at radius 2 is 1.96 bits per heavy atom. The first-order chi connectivity index (χ1) is 11.7. The van der Waals surface area contributed by atoms with E-state index in [0.717, 1.165) is 12.2 Å². The average Bonchev–Trinajstić information content (AvgIpc) is 2.61. The van der Waals surface area contributed by atoms with Gasteiger partial charge in [-0.25, -0.2) is 0 Å². The van der Waals surface area contributed by atoms with Gasteiger partial charge in [0.25, 0.3) is 0 Å². The van der Waals surface area contributed by atoms with Crippen molar-refractivity contribution in [2.45, 2.75) is 24.7 Å². The summed E-state index contributed by atoms with van der Waals surface area (Å²) in [5.74, 6) is 1.33. The van der Waals surface area contributed by atoms with Gasteiger partial charge in [-0.3, -0.25) is 4.79 Å². The van der Waals surface area contributed by atoms with Gasteiger partial charge in [0.2, 0.25) is 0 Å². The molecule has 4 nitrogen and oxygen atoms in total. The molecule has 24 heavy (non-hydrogen) atoms. The Hall–Kier alpha value is -2.45. The van der Waals surface area contributed by atoms with Crippen LogP contribution in [0.25, 0.3) is 0 Å². The first-order valence-electron chi connectivity index (χ1n) is 7.78. The van der Waals surface area contributed by atoms with E-state index in [-0.39, 0.29) is 5.97 Å². The predicted octanol–water partition coefficient (Wildman–Crippen LogP) is 4.43. The Kier molecular flexibility index (Phi) is 7.19. The maximum atomic E-state index is 12.0. The fourth-order valence-corrected chi connectivity index (χ4v) is 2.90. The zero-order valence-corrected chi connectivity index (χ0v) is 14.3. The standard InChI is InChI=1S/C19H19NO3S/c1-2-22-18-13-15(14-20)10-11-17(18)23-19(21)9-6-12-24-16-7-4-3-5-8-16/h3-5,7-8,10-11,13H,2,6,9,12H2,1H3. The van der Waals surface area contributed by atoms with Gasteiger partial charge in [-0.1, -0.05) is 18.2 Å². The van der Waals surface area contributed by atoms with E-state index in [1.165, 1.54) is 4.90 Å². The highest BCUT2D eigenvalue weighted by Crippen LogP contribution is 2.29. The van der Waals surface area contributed by atoms with E-state index in [2.05, 4.69) is 0 Å². The number of ether oxygens (including phenoxy) is 2. The van der Waals surface area contributed by atoms with Gasteiger partial charge in [0.1, 0.15) is 0 Å². The molecule has 0 heterocycles. The summed E-state index contributed by atoms with van der Waals surface area (Å²) in [4.78, 5) is 13.2. The highest BCUT2D eigenvalue weighted by molar-refractivity contribution is 7.99. The SMILES string of the molecule is CCOc1cc(C#N)ccc1OC(=O)CCCSc1ccccc1. The number of rotatable bonds is 8. The van der Waals surface area contributed by atoms with Crippen LogP contribution in [-0.2, 0) is 4.79 Å². The van der Waals surface area contributed by atoms with Gasteiger partial charge in [0.05, 0.1) is 18.2 Å². The number of benzene rings is 2. The molecule has 124 valence electrons. The maximum Gasteiger partial charge on any atom is 0.311 e. The third-order valence-electron chi connectivity index (χ3n) is 3.13. The third-order valence-corrected chi connectivity index (χ3v) is 4.23. The van der Waals surface area contributed by atoms with Crippen LogP contribution in [-0.4, -0.2) is 18.3 Å². The molecule has 0 aromatic heterocycles. The second kappa shape index (κ2) is 9.64. The van der Waals surface area contributed by atoms with Crippen molar-refractivity contribution in [2.75, 3.05) is 12.4 Å². The molecule has 0 saturated heterocycles. The van der Waals surface area contributed by atoms with E-state index in [9.17, 15) is 4.79 Å². The highest BCUT2D eigenvalue weighted by Gasteiger charge is 2.11. The van der Waals surface area contributed by atoms with Crippen molar-refractivity contribution in [1.82, 2.24) is 0 Å². The third kappa shape index (κ3) is 5.64. The van der Waals surface area contributed by atoms with E-state index in [1.54, 1.807) is 30.0 Å². The van der Waals surface area contributed by atoms with Crippen molar-refractivity contribution in [3.63, 3.8) is 0 Å². The topological polar surface area (TPSA) is 59.3 Å². The Morgan fingerprint density at radius 3 is 2.67 bits per heavy atom. The molecule has 5 heteroatoms. The van der Waals surface area contributed by atoms with Crippen LogP contribution in [0.3, 0.4) is 0 Å². The summed E-state index contributed by atoms with van der Waals surface area (Å²) in [5, 5.41) is 8.92. The van der Waals surface area contributed by atoms with Crippen molar-refractivity contribution in [3.05, 3.63) is 54.1 Å².